The molecule has 1 N–H and O–H groups in total. The van der Waals surface area contributed by atoms with Crippen LogP contribution in [0.2, 0.25) is 0 Å². The lowest BCUT2D eigenvalue weighted by Gasteiger charge is -2.07. The van der Waals surface area contributed by atoms with E-state index < -0.39 is 10.9 Å². The van der Waals surface area contributed by atoms with Crippen LogP contribution in [0.1, 0.15) is 23.0 Å². The SMILES string of the molecule is CCc1cccc(Oc2nc(C(=O)O)ccc2[N+](=O)[O-])c1. The first kappa shape index (κ1) is 14.4. The van der Waals surface area contributed by atoms with Gasteiger partial charge in [-0.3, -0.25) is 10.1 Å². The molecule has 1 heterocycles. The molecule has 0 spiro atoms. The molecule has 0 saturated heterocycles. The van der Waals surface area contributed by atoms with Gasteiger partial charge in [-0.2, -0.15) is 4.98 Å². The molecule has 108 valence electrons. The number of carbonyl (C=O) groups is 1. The Morgan fingerprint density at radius 3 is 2.76 bits per heavy atom. The summed E-state index contributed by atoms with van der Waals surface area (Å²) < 4.78 is 5.39. The summed E-state index contributed by atoms with van der Waals surface area (Å²) in [5.74, 6) is -1.25. The fraction of sp³-hybridized carbons (Fsp3) is 0.143. The zero-order chi connectivity index (χ0) is 15.4. The zero-order valence-electron chi connectivity index (χ0n) is 11.1. The molecule has 0 aliphatic carbocycles. The number of nitrogens with zero attached hydrogens (tertiary/aromatic N) is 2. The lowest BCUT2D eigenvalue weighted by molar-refractivity contribution is -0.386. The van der Waals surface area contributed by atoms with Gasteiger partial charge in [0.15, 0.2) is 5.69 Å². The van der Waals surface area contributed by atoms with Crippen molar-refractivity contribution in [2.24, 2.45) is 0 Å². The average Bonchev–Trinajstić information content (AvgIpc) is 2.47. The van der Waals surface area contributed by atoms with E-state index in [0.717, 1.165) is 24.1 Å². The molecule has 2 rings (SSSR count). The molecule has 2 aromatic rings. The Labute approximate surface area is 120 Å². The van der Waals surface area contributed by atoms with Crippen LogP contribution in [-0.2, 0) is 6.42 Å². The molecular formula is C14H12N2O5. The first-order chi connectivity index (χ1) is 10.0. The molecule has 0 radical (unpaired) electrons. The fourth-order valence-electron chi connectivity index (χ4n) is 1.71. The monoisotopic (exact) mass is 288 g/mol. The molecular weight excluding hydrogens is 276 g/mol. The minimum atomic E-state index is -1.28. The molecule has 0 aliphatic rings. The molecule has 0 atom stereocenters. The minimum absolute atomic E-state index is 0.317. The number of aromatic nitrogens is 1. The third-order valence-corrected chi connectivity index (χ3v) is 2.78. The smallest absolute Gasteiger partial charge is 0.354 e. The highest BCUT2D eigenvalue weighted by Crippen LogP contribution is 2.29. The van der Waals surface area contributed by atoms with Gasteiger partial charge in [-0.1, -0.05) is 19.1 Å². The minimum Gasteiger partial charge on any atom is -0.477 e. The molecule has 7 heteroatoms. The molecule has 0 unspecified atom stereocenters. The van der Waals surface area contributed by atoms with Crippen LogP contribution in [0.3, 0.4) is 0 Å². The van der Waals surface area contributed by atoms with E-state index in [1.807, 2.05) is 13.0 Å². The van der Waals surface area contributed by atoms with Crippen LogP contribution >= 0.6 is 0 Å². The summed E-state index contributed by atoms with van der Waals surface area (Å²) in [5, 5.41) is 19.9. The van der Waals surface area contributed by atoms with Gasteiger partial charge in [0.05, 0.1) is 4.92 Å². The molecule has 7 nitrogen and oxygen atoms in total. The predicted molar refractivity (Wildman–Crippen MR) is 73.7 cm³/mol. The van der Waals surface area contributed by atoms with Crippen LogP contribution in [0.4, 0.5) is 5.69 Å². The van der Waals surface area contributed by atoms with Crippen molar-refractivity contribution in [3.8, 4) is 11.6 Å². The Kier molecular flexibility index (Phi) is 4.13. The van der Waals surface area contributed by atoms with E-state index in [9.17, 15) is 14.9 Å². The summed E-state index contributed by atoms with van der Waals surface area (Å²) in [7, 11) is 0. The Bertz CT molecular complexity index is 700. The molecule has 0 saturated carbocycles. The fourth-order valence-corrected chi connectivity index (χ4v) is 1.71. The quantitative estimate of drug-likeness (QED) is 0.670. The highest BCUT2D eigenvalue weighted by Gasteiger charge is 2.20. The number of hydrogen-bond acceptors (Lipinski definition) is 5. The van der Waals surface area contributed by atoms with Gasteiger partial charge in [-0.05, 0) is 30.2 Å². The maximum atomic E-state index is 11.0. The van der Waals surface area contributed by atoms with Crippen molar-refractivity contribution >= 4 is 11.7 Å². The largest absolute Gasteiger partial charge is 0.477 e. The van der Waals surface area contributed by atoms with E-state index in [0.29, 0.717) is 5.75 Å². The highest BCUT2D eigenvalue weighted by molar-refractivity contribution is 5.85. The predicted octanol–water partition coefficient (Wildman–Crippen LogP) is 3.04. The Balaban J connectivity index is 2.42. The topological polar surface area (TPSA) is 103 Å². The van der Waals surface area contributed by atoms with Crippen molar-refractivity contribution < 1.29 is 19.6 Å². The number of rotatable bonds is 5. The number of nitro groups is 1. The van der Waals surface area contributed by atoms with Crippen LogP contribution in [0.15, 0.2) is 36.4 Å². The summed E-state index contributed by atoms with van der Waals surface area (Å²) in [5.41, 5.74) is 0.286. The van der Waals surface area contributed by atoms with Crippen molar-refractivity contribution in [1.82, 2.24) is 4.98 Å². The van der Waals surface area contributed by atoms with Gasteiger partial charge in [0.25, 0.3) is 5.88 Å². The molecule has 1 aromatic heterocycles. The van der Waals surface area contributed by atoms with Crippen molar-refractivity contribution in [2.75, 3.05) is 0 Å². The van der Waals surface area contributed by atoms with Gasteiger partial charge in [0.1, 0.15) is 5.75 Å². The van der Waals surface area contributed by atoms with E-state index in [1.54, 1.807) is 18.2 Å². The van der Waals surface area contributed by atoms with Crippen LogP contribution in [0.5, 0.6) is 11.6 Å². The molecule has 0 aliphatic heterocycles. The number of ether oxygens (including phenoxy) is 1. The highest BCUT2D eigenvalue weighted by atomic mass is 16.6. The van der Waals surface area contributed by atoms with E-state index >= 15 is 0 Å². The van der Waals surface area contributed by atoms with Crippen LogP contribution < -0.4 is 4.74 Å². The van der Waals surface area contributed by atoms with Crippen LogP contribution in [0, 0.1) is 10.1 Å². The maximum absolute atomic E-state index is 11.0. The van der Waals surface area contributed by atoms with Gasteiger partial charge in [0, 0.05) is 6.07 Å². The third-order valence-electron chi connectivity index (χ3n) is 2.78. The van der Waals surface area contributed by atoms with Gasteiger partial charge in [0.2, 0.25) is 0 Å². The van der Waals surface area contributed by atoms with Gasteiger partial charge in [-0.25, -0.2) is 4.79 Å². The normalized spacial score (nSPS) is 10.1. The number of benzene rings is 1. The average molecular weight is 288 g/mol. The summed E-state index contributed by atoms with van der Waals surface area (Å²) in [6.07, 6.45) is 0.780. The number of aryl methyl sites for hydroxylation is 1. The number of hydrogen-bond donors (Lipinski definition) is 1. The molecule has 0 amide bonds. The summed E-state index contributed by atoms with van der Waals surface area (Å²) >= 11 is 0. The second kappa shape index (κ2) is 6.00. The van der Waals surface area contributed by atoms with E-state index in [-0.39, 0.29) is 17.3 Å². The van der Waals surface area contributed by atoms with E-state index in [1.165, 1.54) is 0 Å². The first-order valence-electron chi connectivity index (χ1n) is 6.16. The van der Waals surface area contributed by atoms with Crippen molar-refractivity contribution in [2.45, 2.75) is 13.3 Å². The Hall–Kier alpha value is -2.96. The van der Waals surface area contributed by atoms with Gasteiger partial charge < -0.3 is 9.84 Å². The number of aromatic carboxylic acids is 1. The van der Waals surface area contributed by atoms with Crippen LogP contribution in [-0.4, -0.2) is 21.0 Å². The standard InChI is InChI=1S/C14H12N2O5/c1-2-9-4-3-5-10(8-9)21-13-12(16(19)20)7-6-11(15-13)14(17)18/h3-8H,2H2,1H3,(H,17,18). The Morgan fingerprint density at radius 1 is 1.38 bits per heavy atom. The second-order valence-corrected chi connectivity index (χ2v) is 4.19. The van der Waals surface area contributed by atoms with Gasteiger partial charge >= 0.3 is 11.7 Å². The van der Waals surface area contributed by atoms with Crippen molar-refractivity contribution in [3.05, 3.63) is 57.8 Å². The lowest BCUT2D eigenvalue weighted by atomic mass is 10.2. The lowest BCUT2D eigenvalue weighted by Crippen LogP contribution is -2.04. The Morgan fingerprint density at radius 2 is 2.14 bits per heavy atom. The number of carboxylic acid groups (broad SMARTS) is 1. The zero-order valence-corrected chi connectivity index (χ0v) is 11.1. The third kappa shape index (κ3) is 3.33. The number of carboxylic acids is 1. The number of pyridine rings is 1. The summed E-state index contributed by atoms with van der Waals surface area (Å²) in [6.45, 7) is 1.96. The summed E-state index contributed by atoms with van der Waals surface area (Å²) in [4.78, 5) is 24.9. The van der Waals surface area contributed by atoms with Crippen LogP contribution in [0.25, 0.3) is 0 Å². The molecule has 1 aromatic carbocycles. The molecule has 0 bridgehead atoms. The van der Waals surface area contributed by atoms with Crippen molar-refractivity contribution in [3.63, 3.8) is 0 Å². The molecule has 0 fully saturated rings. The van der Waals surface area contributed by atoms with Crippen molar-refractivity contribution in [1.29, 1.82) is 0 Å². The van der Waals surface area contributed by atoms with Gasteiger partial charge in [-0.15, -0.1) is 0 Å². The molecule has 21 heavy (non-hydrogen) atoms. The maximum Gasteiger partial charge on any atom is 0.354 e. The summed E-state index contributed by atoms with van der Waals surface area (Å²) in [6, 6.07) is 9.12. The van der Waals surface area contributed by atoms with E-state index in [4.69, 9.17) is 9.84 Å². The first-order valence-corrected chi connectivity index (χ1v) is 6.16. The van der Waals surface area contributed by atoms with E-state index in [2.05, 4.69) is 4.98 Å². The second-order valence-electron chi connectivity index (χ2n) is 4.19.